The van der Waals surface area contributed by atoms with Gasteiger partial charge in [0.1, 0.15) is 6.04 Å². The van der Waals surface area contributed by atoms with Gasteiger partial charge in [-0.3, -0.25) is 9.59 Å². The van der Waals surface area contributed by atoms with Crippen LogP contribution in [0.3, 0.4) is 0 Å². The Morgan fingerprint density at radius 1 is 1.11 bits per heavy atom. The molecular formula is C22H41N3O3. The van der Waals surface area contributed by atoms with Crippen molar-refractivity contribution in [2.75, 3.05) is 39.4 Å². The molecule has 0 aromatic heterocycles. The molecule has 28 heavy (non-hydrogen) atoms. The van der Waals surface area contributed by atoms with E-state index in [9.17, 15) is 9.59 Å². The molecule has 0 saturated carbocycles. The number of rotatable bonds is 4. The molecule has 2 saturated heterocycles. The second-order valence-electron chi connectivity index (χ2n) is 8.99. The molecule has 162 valence electrons. The third kappa shape index (κ3) is 7.03. The molecule has 0 aromatic carbocycles. The molecule has 0 bridgehead atoms. The van der Waals surface area contributed by atoms with Crippen LogP contribution in [0.25, 0.3) is 0 Å². The Kier molecular flexibility index (Phi) is 9.72. The molecule has 1 spiro atoms. The lowest BCUT2D eigenvalue weighted by molar-refractivity contribution is -0.138. The largest absolute Gasteiger partial charge is 0.381 e. The van der Waals surface area contributed by atoms with E-state index in [0.717, 1.165) is 71.2 Å². The molecule has 2 amide bonds. The van der Waals surface area contributed by atoms with Crippen LogP contribution in [-0.4, -0.2) is 62.1 Å². The minimum Gasteiger partial charge on any atom is -0.381 e. The van der Waals surface area contributed by atoms with Gasteiger partial charge >= 0.3 is 0 Å². The lowest BCUT2D eigenvalue weighted by Crippen LogP contribution is -2.55. The van der Waals surface area contributed by atoms with E-state index in [1.807, 2.05) is 0 Å². The van der Waals surface area contributed by atoms with Crippen LogP contribution in [-0.2, 0) is 14.3 Å². The van der Waals surface area contributed by atoms with Gasteiger partial charge in [0.25, 0.3) is 0 Å². The molecule has 2 fully saturated rings. The van der Waals surface area contributed by atoms with Crippen LogP contribution in [0.2, 0.25) is 0 Å². The SMILES string of the molecule is CCCN1CCC2(CCCCOCCCNC(=O)[C@H](CC(C)C)NC2=O)CC1. The second kappa shape index (κ2) is 11.8. The fourth-order valence-corrected chi connectivity index (χ4v) is 4.40. The lowest BCUT2D eigenvalue weighted by Gasteiger charge is -2.41. The number of nitrogens with zero attached hydrogens (tertiary/aromatic N) is 1. The Hall–Kier alpha value is -1.14. The van der Waals surface area contributed by atoms with Gasteiger partial charge in [-0.2, -0.15) is 0 Å². The number of nitrogens with one attached hydrogen (secondary N) is 2. The first-order chi connectivity index (χ1) is 13.5. The van der Waals surface area contributed by atoms with Crippen molar-refractivity contribution in [3.63, 3.8) is 0 Å². The van der Waals surface area contributed by atoms with Gasteiger partial charge in [0, 0.05) is 19.8 Å². The summed E-state index contributed by atoms with van der Waals surface area (Å²) in [5, 5.41) is 6.14. The highest BCUT2D eigenvalue weighted by Gasteiger charge is 2.42. The van der Waals surface area contributed by atoms with Gasteiger partial charge < -0.3 is 20.3 Å². The van der Waals surface area contributed by atoms with Crippen LogP contribution in [0.4, 0.5) is 0 Å². The van der Waals surface area contributed by atoms with Gasteiger partial charge in [0.15, 0.2) is 0 Å². The summed E-state index contributed by atoms with van der Waals surface area (Å²) >= 11 is 0. The molecule has 1 atom stereocenters. The zero-order valence-corrected chi connectivity index (χ0v) is 18.2. The van der Waals surface area contributed by atoms with Gasteiger partial charge in [-0.15, -0.1) is 0 Å². The normalized spacial score (nSPS) is 25.9. The number of piperidine rings is 1. The molecule has 2 heterocycles. The number of carbonyl (C=O) groups excluding carboxylic acids is 2. The van der Waals surface area contributed by atoms with Gasteiger partial charge in [-0.25, -0.2) is 0 Å². The van der Waals surface area contributed by atoms with E-state index in [-0.39, 0.29) is 17.2 Å². The van der Waals surface area contributed by atoms with Crippen molar-refractivity contribution < 1.29 is 14.3 Å². The summed E-state index contributed by atoms with van der Waals surface area (Å²) in [4.78, 5) is 28.6. The van der Waals surface area contributed by atoms with Crippen LogP contribution in [0, 0.1) is 11.3 Å². The van der Waals surface area contributed by atoms with E-state index in [0.29, 0.717) is 25.5 Å². The first-order valence-corrected chi connectivity index (χ1v) is 11.4. The van der Waals surface area contributed by atoms with Crippen LogP contribution >= 0.6 is 0 Å². The van der Waals surface area contributed by atoms with Crippen LogP contribution < -0.4 is 10.6 Å². The summed E-state index contributed by atoms with van der Waals surface area (Å²) in [6.45, 7) is 11.5. The number of likely N-dealkylation sites (tertiary alicyclic amines) is 1. The first kappa shape index (κ1) is 23.1. The highest BCUT2D eigenvalue weighted by molar-refractivity contribution is 5.90. The van der Waals surface area contributed by atoms with Crippen molar-refractivity contribution in [1.82, 2.24) is 15.5 Å². The van der Waals surface area contributed by atoms with Crippen molar-refractivity contribution in [1.29, 1.82) is 0 Å². The third-order valence-electron chi connectivity index (χ3n) is 6.12. The molecule has 6 heteroatoms. The predicted octanol–water partition coefficient (Wildman–Crippen LogP) is 2.72. The molecule has 2 N–H and O–H groups in total. The zero-order chi connectivity index (χ0) is 20.4. The molecule has 2 aliphatic heterocycles. The average molecular weight is 396 g/mol. The minimum atomic E-state index is -0.443. The van der Waals surface area contributed by atoms with Crippen molar-refractivity contribution in [2.45, 2.75) is 78.2 Å². The standard InChI is InChI=1S/C22H41N3O3/c1-4-12-25-13-9-22(10-14-25)8-5-6-15-28-16-7-11-23-20(26)19(17-18(2)3)24-21(22)27/h18-19H,4-17H2,1-3H3,(H,23,26)(H,24,27)/t19-/m0/s1. The summed E-state index contributed by atoms with van der Waals surface area (Å²) in [7, 11) is 0. The molecule has 0 aromatic rings. The summed E-state index contributed by atoms with van der Waals surface area (Å²) in [6.07, 6.45) is 7.28. The molecule has 0 radical (unpaired) electrons. The fraction of sp³-hybridized carbons (Fsp3) is 0.909. The maximum Gasteiger partial charge on any atom is 0.242 e. The fourth-order valence-electron chi connectivity index (χ4n) is 4.40. The Bertz CT molecular complexity index is 487. The Morgan fingerprint density at radius 3 is 2.50 bits per heavy atom. The van der Waals surface area contributed by atoms with E-state index < -0.39 is 6.04 Å². The summed E-state index contributed by atoms with van der Waals surface area (Å²) in [5.74, 6) is 0.376. The van der Waals surface area contributed by atoms with Gasteiger partial charge in [0.2, 0.25) is 11.8 Å². The number of carbonyl (C=O) groups is 2. The van der Waals surface area contributed by atoms with Crippen molar-refractivity contribution in [3.8, 4) is 0 Å². The van der Waals surface area contributed by atoms with Crippen molar-refractivity contribution in [2.24, 2.45) is 11.3 Å². The molecular weight excluding hydrogens is 354 g/mol. The van der Waals surface area contributed by atoms with Crippen LogP contribution in [0.1, 0.15) is 72.1 Å². The smallest absolute Gasteiger partial charge is 0.242 e. The second-order valence-corrected chi connectivity index (χ2v) is 8.99. The molecule has 0 unspecified atom stereocenters. The Labute approximate surface area is 171 Å². The van der Waals surface area contributed by atoms with Gasteiger partial charge in [-0.05, 0) is 70.5 Å². The highest BCUT2D eigenvalue weighted by atomic mass is 16.5. The summed E-state index contributed by atoms with van der Waals surface area (Å²) in [5.41, 5.74) is -0.343. The molecule has 6 nitrogen and oxygen atoms in total. The van der Waals surface area contributed by atoms with Gasteiger partial charge in [-0.1, -0.05) is 27.2 Å². The average Bonchev–Trinajstić information content (AvgIpc) is 2.66. The number of ether oxygens (including phenoxy) is 1. The lowest BCUT2D eigenvalue weighted by atomic mass is 9.73. The maximum atomic E-state index is 13.4. The summed E-state index contributed by atoms with van der Waals surface area (Å²) in [6, 6.07) is -0.443. The maximum absolute atomic E-state index is 13.4. The van der Waals surface area contributed by atoms with Crippen molar-refractivity contribution in [3.05, 3.63) is 0 Å². The van der Waals surface area contributed by atoms with E-state index in [1.54, 1.807) is 0 Å². The highest BCUT2D eigenvalue weighted by Crippen LogP contribution is 2.37. The third-order valence-corrected chi connectivity index (χ3v) is 6.12. The number of amides is 2. The number of hydrogen-bond acceptors (Lipinski definition) is 4. The van der Waals surface area contributed by atoms with Crippen molar-refractivity contribution >= 4 is 11.8 Å². The van der Waals surface area contributed by atoms with E-state index in [1.165, 1.54) is 0 Å². The van der Waals surface area contributed by atoms with Crippen LogP contribution in [0.15, 0.2) is 0 Å². The molecule has 2 aliphatic rings. The van der Waals surface area contributed by atoms with Gasteiger partial charge in [0.05, 0.1) is 5.41 Å². The quantitative estimate of drug-likeness (QED) is 0.768. The number of hydrogen-bond donors (Lipinski definition) is 2. The minimum absolute atomic E-state index is 0.0577. The monoisotopic (exact) mass is 395 g/mol. The summed E-state index contributed by atoms with van der Waals surface area (Å²) < 4.78 is 5.70. The topological polar surface area (TPSA) is 70.7 Å². The first-order valence-electron chi connectivity index (χ1n) is 11.4. The Balaban J connectivity index is 2.12. The molecule has 0 aliphatic carbocycles. The van der Waals surface area contributed by atoms with Crippen LogP contribution in [0.5, 0.6) is 0 Å². The van der Waals surface area contributed by atoms with E-state index in [4.69, 9.17) is 4.74 Å². The van der Waals surface area contributed by atoms with E-state index >= 15 is 0 Å². The Morgan fingerprint density at radius 2 is 1.82 bits per heavy atom. The zero-order valence-electron chi connectivity index (χ0n) is 18.2. The predicted molar refractivity (Wildman–Crippen MR) is 112 cm³/mol. The molecule has 2 rings (SSSR count). The van der Waals surface area contributed by atoms with E-state index in [2.05, 4.69) is 36.3 Å².